The zero-order valence-electron chi connectivity index (χ0n) is 27.7. The minimum absolute atomic E-state index is 0.0181. The molecule has 1 saturated heterocycles. The van der Waals surface area contributed by atoms with Gasteiger partial charge in [-0.1, -0.05) is 38.5 Å². The summed E-state index contributed by atoms with van der Waals surface area (Å²) < 4.78 is 24.2. The van der Waals surface area contributed by atoms with Gasteiger partial charge in [-0.2, -0.15) is 0 Å². The summed E-state index contributed by atoms with van der Waals surface area (Å²) in [6, 6.07) is 7.00. The van der Waals surface area contributed by atoms with Gasteiger partial charge in [-0.3, -0.25) is 9.69 Å². The van der Waals surface area contributed by atoms with Gasteiger partial charge in [0.25, 0.3) is 0 Å². The highest BCUT2D eigenvalue weighted by molar-refractivity contribution is 5.93. The maximum absolute atomic E-state index is 14.3. The van der Waals surface area contributed by atoms with E-state index >= 15 is 0 Å². The van der Waals surface area contributed by atoms with Gasteiger partial charge in [-0.05, 0) is 56.2 Å². The second kappa shape index (κ2) is 11.5. The molecule has 6 aliphatic rings. The number of aliphatic hydroxyl groups excluding tert-OH is 1. The van der Waals surface area contributed by atoms with Crippen molar-refractivity contribution in [1.82, 2.24) is 4.90 Å². The van der Waals surface area contributed by atoms with Crippen LogP contribution in [0.4, 0.5) is 0 Å². The highest BCUT2D eigenvalue weighted by atomic mass is 16.6. The Bertz CT molecular complexity index is 1360. The number of carbonyl (C=O) groups is 2. The quantitative estimate of drug-likeness (QED) is 0.245. The van der Waals surface area contributed by atoms with E-state index in [0.717, 1.165) is 12.8 Å². The number of nitrogens with zero attached hydrogens (tertiary/aromatic N) is 1. The molecule has 6 fully saturated rings. The van der Waals surface area contributed by atoms with E-state index in [-0.39, 0.29) is 60.7 Å². The summed E-state index contributed by atoms with van der Waals surface area (Å²) in [6.07, 6.45) is 3.56. The van der Waals surface area contributed by atoms with Crippen LogP contribution in [0.15, 0.2) is 24.3 Å². The monoisotopic (exact) mass is 641 g/mol. The summed E-state index contributed by atoms with van der Waals surface area (Å²) in [5, 5.41) is 36.8. The van der Waals surface area contributed by atoms with Gasteiger partial charge in [0.2, 0.25) is 0 Å². The lowest BCUT2D eigenvalue weighted by Crippen LogP contribution is -2.82. The number of hydrogen-bond acceptors (Lipinski definition) is 10. The number of hydrogen-bond donors (Lipinski definition) is 3. The maximum Gasteiger partial charge on any atom is 0.339 e. The Balaban J connectivity index is 1.29. The van der Waals surface area contributed by atoms with Crippen molar-refractivity contribution in [1.29, 1.82) is 0 Å². The lowest BCUT2D eigenvalue weighted by Gasteiger charge is -2.71. The van der Waals surface area contributed by atoms with Gasteiger partial charge in [0.05, 0.1) is 30.8 Å². The average molecular weight is 642 g/mol. The second-order valence-electron chi connectivity index (χ2n) is 15.0. The van der Waals surface area contributed by atoms with Crippen molar-refractivity contribution < 1.29 is 43.9 Å². The van der Waals surface area contributed by atoms with Crippen molar-refractivity contribution in [3.8, 4) is 0 Å². The normalized spacial score (nSPS) is 45.0. The molecule has 12 atom stereocenters. The van der Waals surface area contributed by atoms with Gasteiger partial charge in [0, 0.05) is 68.9 Å². The van der Waals surface area contributed by atoms with Gasteiger partial charge < -0.3 is 34.3 Å². The molecule has 10 heteroatoms. The number of rotatable bonds is 11. The smallest absolute Gasteiger partial charge is 0.339 e. The fourth-order valence-corrected chi connectivity index (χ4v) is 12.2. The fourth-order valence-electron chi connectivity index (χ4n) is 12.2. The van der Waals surface area contributed by atoms with Crippen LogP contribution in [0.25, 0.3) is 0 Å². The number of methoxy groups -OCH3 is 2. The Hall–Kier alpha value is -2.08. The fraction of sp³-hybridized carbons (Fsp3) is 0.778. The van der Waals surface area contributed by atoms with Crippen molar-refractivity contribution >= 4 is 11.9 Å². The van der Waals surface area contributed by atoms with E-state index in [4.69, 9.17) is 18.9 Å². The zero-order chi connectivity index (χ0) is 32.6. The zero-order valence-corrected chi connectivity index (χ0v) is 27.7. The number of esters is 2. The van der Waals surface area contributed by atoms with Crippen molar-refractivity contribution in [3.63, 3.8) is 0 Å². The average Bonchev–Trinajstić information content (AvgIpc) is 3.47. The first-order chi connectivity index (χ1) is 22.1. The van der Waals surface area contributed by atoms with Crippen LogP contribution in [0.5, 0.6) is 0 Å². The third-order valence-electron chi connectivity index (χ3n) is 13.7. The molecule has 46 heavy (non-hydrogen) atoms. The summed E-state index contributed by atoms with van der Waals surface area (Å²) in [5.74, 6) is -1.93. The predicted octanol–water partition coefficient (Wildman–Crippen LogP) is 2.74. The molecule has 7 rings (SSSR count). The molecule has 0 radical (unpaired) electrons. The third kappa shape index (κ3) is 4.03. The van der Waals surface area contributed by atoms with E-state index in [0.29, 0.717) is 62.9 Å². The molecule has 5 saturated carbocycles. The molecule has 1 aromatic carbocycles. The van der Waals surface area contributed by atoms with Gasteiger partial charge in [-0.15, -0.1) is 0 Å². The first-order valence-electron chi connectivity index (χ1n) is 17.4. The van der Waals surface area contributed by atoms with Gasteiger partial charge in [-0.25, -0.2) is 4.79 Å². The van der Waals surface area contributed by atoms with Crippen LogP contribution in [-0.4, -0.2) is 108 Å². The lowest BCUT2D eigenvalue weighted by atomic mass is 9.42. The largest absolute Gasteiger partial charge is 0.465 e. The number of ether oxygens (including phenoxy) is 4. The summed E-state index contributed by atoms with van der Waals surface area (Å²) in [6.45, 7) is 5.65. The molecular formula is C36H51NO9. The number of benzene rings is 1. The maximum atomic E-state index is 14.3. The number of likely N-dealkylation sites (N-methyl/N-ethyl adjacent to an activating group) is 1. The minimum Gasteiger partial charge on any atom is -0.465 e. The molecule has 0 amide bonds. The van der Waals surface area contributed by atoms with E-state index in [1.54, 1.807) is 32.4 Å². The van der Waals surface area contributed by atoms with Crippen LogP contribution in [0.2, 0.25) is 0 Å². The lowest BCUT2D eigenvalue weighted by molar-refractivity contribution is -0.333. The van der Waals surface area contributed by atoms with Crippen LogP contribution in [-0.2, 0) is 30.2 Å². The van der Waals surface area contributed by atoms with Crippen molar-refractivity contribution in [2.75, 3.05) is 40.5 Å². The van der Waals surface area contributed by atoms with Crippen LogP contribution < -0.4 is 0 Å². The van der Waals surface area contributed by atoms with Crippen LogP contribution in [0.1, 0.15) is 74.7 Å². The number of fused-ring (bicyclic) bond motifs is 2. The first kappa shape index (κ1) is 32.5. The molecule has 1 aromatic rings. The molecule has 7 bridgehead atoms. The molecule has 1 heterocycles. The molecule has 0 aromatic heterocycles. The van der Waals surface area contributed by atoms with Gasteiger partial charge in [0.1, 0.15) is 16.8 Å². The number of aliphatic hydroxyl groups is 3. The number of likely N-dealkylation sites (tertiary alicyclic amines) is 1. The van der Waals surface area contributed by atoms with E-state index in [9.17, 15) is 24.9 Å². The molecule has 5 aliphatic carbocycles. The van der Waals surface area contributed by atoms with E-state index < -0.39 is 34.3 Å². The first-order valence-corrected chi connectivity index (χ1v) is 17.4. The molecule has 1 spiro atoms. The molecular weight excluding hydrogens is 590 g/mol. The van der Waals surface area contributed by atoms with Crippen LogP contribution >= 0.6 is 0 Å². The Morgan fingerprint density at radius 2 is 1.85 bits per heavy atom. The van der Waals surface area contributed by atoms with E-state index in [1.165, 1.54) is 0 Å². The second-order valence-corrected chi connectivity index (χ2v) is 15.0. The van der Waals surface area contributed by atoms with Gasteiger partial charge in [0.15, 0.2) is 0 Å². The Kier molecular flexibility index (Phi) is 8.13. The van der Waals surface area contributed by atoms with E-state index in [1.807, 2.05) is 13.0 Å². The number of unbranched alkanes of at least 4 members (excludes halogenated alkanes) is 1. The molecule has 3 unspecified atom stereocenters. The highest BCUT2D eigenvalue weighted by Gasteiger charge is 2.88. The van der Waals surface area contributed by atoms with Crippen molar-refractivity contribution in [2.45, 2.75) is 100 Å². The highest BCUT2D eigenvalue weighted by Crippen LogP contribution is 2.80. The molecule has 1 aliphatic heterocycles. The summed E-state index contributed by atoms with van der Waals surface area (Å²) >= 11 is 0. The summed E-state index contributed by atoms with van der Waals surface area (Å²) in [5.41, 5.74) is -3.53. The summed E-state index contributed by atoms with van der Waals surface area (Å²) in [4.78, 5) is 29.3. The molecule has 10 nitrogen and oxygen atoms in total. The van der Waals surface area contributed by atoms with Gasteiger partial charge >= 0.3 is 11.9 Å². The van der Waals surface area contributed by atoms with Crippen LogP contribution in [0, 0.1) is 35.0 Å². The Morgan fingerprint density at radius 3 is 2.54 bits per heavy atom. The third-order valence-corrected chi connectivity index (χ3v) is 13.7. The SMILES string of the molecule is CCCCOC(=O)Cc1ccccc1C(=O)O[C@@]12CC[C@H](CO)[C@]34C([C@H](CC13)[C@@]1(O)C[C@H](OC)[C@H]3CC4[C@]1(O)[C@H]3OC)N(CC)C2. The number of carbonyl (C=O) groups excluding carboxylic acids is 2. The van der Waals surface area contributed by atoms with Crippen molar-refractivity contribution in [3.05, 3.63) is 35.4 Å². The molecule has 3 N–H and O–H groups in total. The number of piperidine rings is 1. The predicted molar refractivity (Wildman–Crippen MR) is 167 cm³/mol. The minimum atomic E-state index is -1.51. The van der Waals surface area contributed by atoms with Crippen molar-refractivity contribution in [2.24, 2.45) is 35.0 Å². The molecule has 254 valence electrons. The standard InChI is InChI=1S/C36H51NO9/c1-5-7-14-45-29(39)15-21-10-8-9-11-23(21)32(40)46-33-13-12-22(19-38)35-27(33)17-25(30(35)37(6-2)20-33)34(41)18-26(43-3)24-16-28(35)36(34,42)31(24)44-4/h8-11,22,24-28,30-31,38,41-42H,5-7,12-20H2,1-4H3/t22-,24-,25+,26+,27?,28?,30?,31+,33-,34+,35+,36+/m1/s1. The Labute approximate surface area is 271 Å². The summed E-state index contributed by atoms with van der Waals surface area (Å²) in [7, 11) is 3.28. The topological polar surface area (TPSA) is 135 Å². The van der Waals surface area contributed by atoms with Crippen LogP contribution in [0.3, 0.4) is 0 Å². The Morgan fingerprint density at radius 1 is 1.07 bits per heavy atom. The van der Waals surface area contributed by atoms with E-state index in [2.05, 4.69) is 11.8 Å².